The molecule has 0 aliphatic heterocycles. The van der Waals surface area contributed by atoms with Gasteiger partial charge in [-0.1, -0.05) is 26.0 Å². The van der Waals surface area contributed by atoms with E-state index in [1.54, 1.807) is 13.0 Å². The molecule has 0 aromatic heterocycles. The van der Waals surface area contributed by atoms with Crippen LogP contribution in [0, 0.1) is 12.7 Å². The van der Waals surface area contributed by atoms with Crippen molar-refractivity contribution >= 4 is 11.8 Å². The second-order valence-electron chi connectivity index (χ2n) is 4.19. The molecule has 0 aliphatic carbocycles. The van der Waals surface area contributed by atoms with E-state index in [4.69, 9.17) is 0 Å². The topological polar surface area (TPSA) is 12.0 Å². The molecule has 0 radical (unpaired) electrons. The van der Waals surface area contributed by atoms with Gasteiger partial charge in [0.1, 0.15) is 5.82 Å². The Kier molecular flexibility index (Phi) is 6.60. The number of hydrogen-bond donors (Lipinski definition) is 1. The summed E-state index contributed by atoms with van der Waals surface area (Å²) in [5.74, 6) is 2.06. The van der Waals surface area contributed by atoms with Gasteiger partial charge in [-0.25, -0.2) is 4.39 Å². The van der Waals surface area contributed by atoms with Crippen molar-refractivity contribution < 1.29 is 4.39 Å². The van der Waals surface area contributed by atoms with Gasteiger partial charge in [0, 0.05) is 11.8 Å². The molecule has 1 N–H and O–H groups in total. The van der Waals surface area contributed by atoms with Crippen LogP contribution in [0.15, 0.2) is 18.2 Å². The SMILES string of the molecule is CCCSCC(NCC)c1ccc(C)c(F)c1. The standard InChI is InChI=1S/C14H22FNS/c1-4-8-17-10-14(16-5-2)12-7-6-11(3)13(15)9-12/h6-7,9,14,16H,4-5,8,10H2,1-3H3. The van der Waals surface area contributed by atoms with E-state index in [1.165, 1.54) is 6.42 Å². The fourth-order valence-electron chi connectivity index (χ4n) is 1.69. The molecule has 1 aromatic carbocycles. The van der Waals surface area contributed by atoms with Crippen LogP contribution < -0.4 is 5.32 Å². The highest BCUT2D eigenvalue weighted by atomic mass is 32.2. The van der Waals surface area contributed by atoms with Crippen molar-refractivity contribution in [1.29, 1.82) is 0 Å². The second-order valence-corrected chi connectivity index (χ2v) is 5.34. The van der Waals surface area contributed by atoms with E-state index in [0.717, 1.165) is 23.6 Å². The molecule has 0 heterocycles. The van der Waals surface area contributed by atoms with Crippen LogP contribution in [0.4, 0.5) is 4.39 Å². The Labute approximate surface area is 108 Å². The van der Waals surface area contributed by atoms with E-state index in [1.807, 2.05) is 23.9 Å². The molecule has 1 rings (SSSR count). The summed E-state index contributed by atoms with van der Waals surface area (Å²) in [5, 5.41) is 3.42. The maximum atomic E-state index is 13.5. The maximum absolute atomic E-state index is 13.5. The monoisotopic (exact) mass is 255 g/mol. The predicted octanol–water partition coefficient (Wildman–Crippen LogP) is 3.93. The first-order valence-electron chi connectivity index (χ1n) is 6.26. The highest BCUT2D eigenvalue weighted by Crippen LogP contribution is 2.21. The smallest absolute Gasteiger partial charge is 0.126 e. The van der Waals surface area contributed by atoms with Crippen molar-refractivity contribution in [2.45, 2.75) is 33.2 Å². The minimum atomic E-state index is -0.106. The molecule has 1 atom stereocenters. The number of nitrogens with one attached hydrogen (secondary N) is 1. The molecular weight excluding hydrogens is 233 g/mol. The predicted molar refractivity (Wildman–Crippen MR) is 75.2 cm³/mol. The summed E-state index contributed by atoms with van der Waals surface area (Å²) in [4.78, 5) is 0. The van der Waals surface area contributed by atoms with E-state index >= 15 is 0 Å². The molecule has 17 heavy (non-hydrogen) atoms. The summed E-state index contributed by atoms with van der Waals surface area (Å²) < 4.78 is 13.5. The minimum absolute atomic E-state index is 0.106. The molecule has 0 aliphatic rings. The molecular formula is C14H22FNS. The van der Waals surface area contributed by atoms with Gasteiger partial charge in [-0.05, 0) is 42.8 Å². The van der Waals surface area contributed by atoms with Crippen molar-refractivity contribution in [1.82, 2.24) is 5.32 Å². The Bertz CT molecular complexity index is 341. The van der Waals surface area contributed by atoms with E-state index in [9.17, 15) is 4.39 Å². The van der Waals surface area contributed by atoms with Gasteiger partial charge in [-0.15, -0.1) is 0 Å². The maximum Gasteiger partial charge on any atom is 0.126 e. The highest BCUT2D eigenvalue weighted by Gasteiger charge is 2.11. The number of hydrogen-bond acceptors (Lipinski definition) is 2. The lowest BCUT2D eigenvalue weighted by atomic mass is 10.1. The van der Waals surface area contributed by atoms with Gasteiger partial charge in [-0.3, -0.25) is 0 Å². The van der Waals surface area contributed by atoms with Crippen LogP contribution in [0.3, 0.4) is 0 Å². The molecule has 96 valence electrons. The minimum Gasteiger partial charge on any atom is -0.310 e. The van der Waals surface area contributed by atoms with Crippen LogP contribution in [-0.2, 0) is 0 Å². The molecule has 0 amide bonds. The highest BCUT2D eigenvalue weighted by molar-refractivity contribution is 7.99. The van der Waals surface area contributed by atoms with Crippen LogP contribution >= 0.6 is 11.8 Å². The third-order valence-corrected chi connectivity index (χ3v) is 3.95. The van der Waals surface area contributed by atoms with E-state index in [2.05, 4.69) is 19.2 Å². The molecule has 1 aromatic rings. The first kappa shape index (κ1) is 14.5. The average Bonchev–Trinajstić information content (AvgIpc) is 2.32. The van der Waals surface area contributed by atoms with Crippen LogP contribution in [0.2, 0.25) is 0 Å². The van der Waals surface area contributed by atoms with Crippen molar-refractivity contribution in [2.24, 2.45) is 0 Å². The summed E-state index contributed by atoms with van der Waals surface area (Å²) in [5.41, 5.74) is 1.77. The Morgan fingerprint density at radius 3 is 2.71 bits per heavy atom. The largest absolute Gasteiger partial charge is 0.310 e. The van der Waals surface area contributed by atoms with Crippen molar-refractivity contribution in [3.63, 3.8) is 0 Å². The number of thioether (sulfide) groups is 1. The van der Waals surface area contributed by atoms with Gasteiger partial charge in [0.15, 0.2) is 0 Å². The zero-order valence-corrected chi connectivity index (χ0v) is 11.7. The lowest BCUT2D eigenvalue weighted by Crippen LogP contribution is -2.23. The molecule has 0 bridgehead atoms. The Morgan fingerprint density at radius 2 is 2.12 bits per heavy atom. The number of rotatable bonds is 7. The normalized spacial score (nSPS) is 12.7. The molecule has 0 saturated carbocycles. The summed E-state index contributed by atoms with van der Waals surface area (Å²) in [6.45, 7) is 6.98. The quantitative estimate of drug-likeness (QED) is 0.741. The zero-order chi connectivity index (χ0) is 12.7. The van der Waals surface area contributed by atoms with Crippen LogP contribution in [-0.4, -0.2) is 18.1 Å². The lowest BCUT2D eigenvalue weighted by Gasteiger charge is -2.18. The molecule has 1 unspecified atom stereocenters. The fourth-order valence-corrected chi connectivity index (χ4v) is 2.69. The van der Waals surface area contributed by atoms with Crippen molar-refractivity contribution in [2.75, 3.05) is 18.1 Å². The van der Waals surface area contributed by atoms with Gasteiger partial charge in [0.25, 0.3) is 0 Å². The zero-order valence-electron chi connectivity index (χ0n) is 10.9. The first-order chi connectivity index (χ1) is 8.19. The molecule has 3 heteroatoms. The van der Waals surface area contributed by atoms with Gasteiger partial charge in [0.05, 0.1) is 0 Å². The van der Waals surface area contributed by atoms with Gasteiger partial charge < -0.3 is 5.32 Å². The summed E-state index contributed by atoms with van der Waals surface area (Å²) >= 11 is 1.92. The second kappa shape index (κ2) is 7.72. The van der Waals surface area contributed by atoms with Gasteiger partial charge in [-0.2, -0.15) is 11.8 Å². The Balaban J connectivity index is 2.70. The van der Waals surface area contributed by atoms with E-state index in [-0.39, 0.29) is 11.9 Å². The fraction of sp³-hybridized carbons (Fsp3) is 0.571. The van der Waals surface area contributed by atoms with Crippen LogP contribution in [0.25, 0.3) is 0 Å². The Morgan fingerprint density at radius 1 is 1.35 bits per heavy atom. The van der Waals surface area contributed by atoms with E-state index < -0.39 is 0 Å². The van der Waals surface area contributed by atoms with Crippen LogP contribution in [0.1, 0.15) is 37.4 Å². The molecule has 0 spiro atoms. The van der Waals surface area contributed by atoms with Gasteiger partial charge in [0.2, 0.25) is 0 Å². The Hall–Kier alpha value is -0.540. The number of aryl methyl sites for hydroxylation is 1. The van der Waals surface area contributed by atoms with Crippen molar-refractivity contribution in [3.05, 3.63) is 35.1 Å². The third kappa shape index (κ3) is 4.68. The van der Waals surface area contributed by atoms with E-state index in [0.29, 0.717) is 5.56 Å². The third-order valence-electron chi connectivity index (χ3n) is 2.68. The van der Waals surface area contributed by atoms with Crippen LogP contribution in [0.5, 0.6) is 0 Å². The number of halogens is 1. The number of benzene rings is 1. The summed E-state index contributed by atoms with van der Waals surface area (Å²) in [6.07, 6.45) is 1.19. The summed E-state index contributed by atoms with van der Waals surface area (Å²) in [7, 11) is 0. The van der Waals surface area contributed by atoms with Gasteiger partial charge >= 0.3 is 0 Å². The lowest BCUT2D eigenvalue weighted by molar-refractivity contribution is 0.585. The molecule has 0 fully saturated rings. The molecule has 0 saturated heterocycles. The first-order valence-corrected chi connectivity index (χ1v) is 7.41. The average molecular weight is 255 g/mol. The molecule has 1 nitrogen and oxygen atoms in total. The van der Waals surface area contributed by atoms with Crippen molar-refractivity contribution in [3.8, 4) is 0 Å². The summed E-state index contributed by atoms with van der Waals surface area (Å²) in [6, 6.07) is 5.80.